The van der Waals surface area contributed by atoms with Crippen molar-refractivity contribution >= 4 is 21.4 Å². The second kappa shape index (κ2) is 5.61. The zero-order chi connectivity index (χ0) is 13.9. The molecule has 0 radical (unpaired) electrons. The van der Waals surface area contributed by atoms with Crippen LogP contribution in [0.4, 0.5) is 5.69 Å². The minimum absolute atomic E-state index is 0.0615. The smallest absolute Gasteiger partial charge is 0.228 e. The van der Waals surface area contributed by atoms with E-state index in [1.165, 1.54) is 7.11 Å². The van der Waals surface area contributed by atoms with Gasteiger partial charge in [-0.3, -0.25) is 4.79 Å². The van der Waals surface area contributed by atoms with Gasteiger partial charge in [-0.1, -0.05) is 12.1 Å². The van der Waals surface area contributed by atoms with Gasteiger partial charge in [0.25, 0.3) is 0 Å². The normalized spacial score (nSPS) is 21.6. The number of para-hydroxylation sites is 2. The maximum Gasteiger partial charge on any atom is 0.228 e. The van der Waals surface area contributed by atoms with Crippen LogP contribution in [-0.4, -0.2) is 32.9 Å². The van der Waals surface area contributed by atoms with Crippen LogP contribution in [0.15, 0.2) is 24.3 Å². The summed E-state index contributed by atoms with van der Waals surface area (Å²) in [5.41, 5.74) is 0.568. The van der Waals surface area contributed by atoms with Gasteiger partial charge in [-0.2, -0.15) is 0 Å². The van der Waals surface area contributed by atoms with Crippen molar-refractivity contribution in [3.63, 3.8) is 0 Å². The molecule has 1 aliphatic heterocycles. The van der Waals surface area contributed by atoms with Gasteiger partial charge >= 0.3 is 0 Å². The Kier molecular flexibility index (Phi) is 4.09. The summed E-state index contributed by atoms with van der Waals surface area (Å²) in [5, 5.41) is 2.74. The first-order valence-electron chi connectivity index (χ1n) is 6.16. The van der Waals surface area contributed by atoms with E-state index in [4.69, 9.17) is 4.74 Å². The topological polar surface area (TPSA) is 72.5 Å². The molecule has 19 heavy (non-hydrogen) atoms. The predicted octanol–water partition coefficient (Wildman–Crippen LogP) is 1.46. The molecule has 0 saturated carbocycles. The van der Waals surface area contributed by atoms with Gasteiger partial charge in [-0.25, -0.2) is 8.42 Å². The second-order valence-electron chi connectivity index (χ2n) is 4.64. The van der Waals surface area contributed by atoms with Crippen LogP contribution in [-0.2, 0) is 14.6 Å². The number of nitrogens with one attached hydrogen (secondary N) is 1. The van der Waals surface area contributed by atoms with Crippen LogP contribution >= 0.6 is 0 Å². The molecule has 5 nitrogen and oxygen atoms in total. The van der Waals surface area contributed by atoms with Gasteiger partial charge in [-0.15, -0.1) is 0 Å². The van der Waals surface area contributed by atoms with Gasteiger partial charge in [0.05, 0.1) is 30.2 Å². The van der Waals surface area contributed by atoms with Gasteiger partial charge < -0.3 is 10.1 Å². The number of carbonyl (C=O) groups is 1. The standard InChI is InChI=1S/C13H17NO4S/c1-18-12-7-3-2-6-11(12)14-13(15)10-5-4-8-19(16,17)9-10/h2-3,6-7,10H,4-5,8-9H2,1H3,(H,14,15). The maximum atomic E-state index is 12.1. The first-order valence-corrected chi connectivity index (χ1v) is 7.98. The van der Waals surface area contributed by atoms with E-state index in [9.17, 15) is 13.2 Å². The number of carbonyl (C=O) groups excluding carboxylic acids is 1. The van der Waals surface area contributed by atoms with Crippen LogP contribution < -0.4 is 10.1 Å². The number of hydrogen-bond acceptors (Lipinski definition) is 4. The number of rotatable bonds is 3. The molecule has 1 aromatic rings. The van der Waals surface area contributed by atoms with Crippen molar-refractivity contribution in [1.29, 1.82) is 0 Å². The van der Waals surface area contributed by atoms with Crippen molar-refractivity contribution < 1.29 is 17.9 Å². The van der Waals surface area contributed by atoms with E-state index < -0.39 is 15.8 Å². The van der Waals surface area contributed by atoms with Crippen LogP contribution in [0, 0.1) is 5.92 Å². The molecular weight excluding hydrogens is 266 g/mol. The van der Waals surface area contributed by atoms with Crippen molar-refractivity contribution in [1.82, 2.24) is 0 Å². The summed E-state index contributed by atoms with van der Waals surface area (Å²) in [7, 11) is -1.55. The number of anilines is 1. The third kappa shape index (κ3) is 3.47. The van der Waals surface area contributed by atoms with Crippen LogP contribution in [0.2, 0.25) is 0 Å². The molecule has 1 N–H and O–H groups in total. The first kappa shape index (κ1) is 13.9. The molecule has 1 aliphatic rings. The van der Waals surface area contributed by atoms with E-state index in [-0.39, 0.29) is 17.4 Å². The fraction of sp³-hybridized carbons (Fsp3) is 0.462. The van der Waals surface area contributed by atoms with Crippen molar-refractivity contribution in [2.24, 2.45) is 5.92 Å². The van der Waals surface area contributed by atoms with Gasteiger partial charge in [0.15, 0.2) is 9.84 Å². The summed E-state index contributed by atoms with van der Waals surface area (Å²) in [6.07, 6.45) is 1.16. The summed E-state index contributed by atoms with van der Waals surface area (Å²) in [6.45, 7) is 0. The lowest BCUT2D eigenvalue weighted by molar-refractivity contribution is -0.119. The third-order valence-electron chi connectivity index (χ3n) is 3.20. The molecule has 104 valence electrons. The number of methoxy groups -OCH3 is 1. The van der Waals surface area contributed by atoms with Gasteiger partial charge in [0.2, 0.25) is 5.91 Å². The van der Waals surface area contributed by atoms with Crippen molar-refractivity contribution in [2.75, 3.05) is 23.9 Å². The SMILES string of the molecule is COc1ccccc1NC(=O)C1CCCS(=O)(=O)C1. The number of amides is 1. The van der Waals surface area contributed by atoms with Crippen LogP contribution in [0.3, 0.4) is 0 Å². The Morgan fingerprint density at radius 3 is 2.79 bits per heavy atom. The fourth-order valence-electron chi connectivity index (χ4n) is 2.21. The lowest BCUT2D eigenvalue weighted by Gasteiger charge is -2.21. The largest absolute Gasteiger partial charge is 0.495 e. The molecule has 0 bridgehead atoms. The highest BCUT2D eigenvalue weighted by Crippen LogP contribution is 2.25. The van der Waals surface area contributed by atoms with E-state index >= 15 is 0 Å². The van der Waals surface area contributed by atoms with Gasteiger partial charge in [0, 0.05) is 0 Å². The molecule has 0 aliphatic carbocycles. The van der Waals surface area contributed by atoms with Gasteiger partial charge in [0.1, 0.15) is 5.75 Å². The number of ether oxygens (including phenoxy) is 1. The second-order valence-corrected chi connectivity index (χ2v) is 6.87. The van der Waals surface area contributed by atoms with Crippen molar-refractivity contribution in [2.45, 2.75) is 12.8 Å². The molecule has 1 amide bonds. The maximum absolute atomic E-state index is 12.1. The highest BCUT2D eigenvalue weighted by Gasteiger charge is 2.30. The molecule has 1 aromatic carbocycles. The number of hydrogen-bond donors (Lipinski definition) is 1. The molecule has 1 atom stereocenters. The zero-order valence-electron chi connectivity index (χ0n) is 10.8. The molecular formula is C13H17NO4S. The van der Waals surface area contributed by atoms with E-state index in [1.807, 2.05) is 0 Å². The molecule has 0 spiro atoms. The Morgan fingerprint density at radius 2 is 2.11 bits per heavy atom. The summed E-state index contributed by atoms with van der Waals surface area (Å²) < 4.78 is 28.2. The summed E-state index contributed by atoms with van der Waals surface area (Å²) in [4.78, 5) is 12.1. The monoisotopic (exact) mass is 283 g/mol. The quantitative estimate of drug-likeness (QED) is 0.911. The third-order valence-corrected chi connectivity index (χ3v) is 5.02. The fourth-order valence-corrected chi connectivity index (χ4v) is 3.92. The molecule has 1 heterocycles. The van der Waals surface area contributed by atoms with E-state index in [2.05, 4.69) is 5.32 Å². The predicted molar refractivity (Wildman–Crippen MR) is 73.0 cm³/mol. The zero-order valence-corrected chi connectivity index (χ0v) is 11.6. The van der Waals surface area contributed by atoms with Crippen LogP contribution in [0.5, 0.6) is 5.75 Å². The van der Waals surface area contributed by atoms with Crippen molar-refractivity contribution in [3.05, 3.63) is 24.3 Å². The first-order chi connectivity index (χ1) is 9.02. The highest BCUT2D eigenvalue weighted by atomic mass is 32.2. The molecule has 2 rings (SSSR count). The minimum atomic E-state index is -3.08. The molecule has 0 aromatic heterocycles. The van der Waals surface area contributed by atoms with Gasteiger partial charge in [-0.05, 0) is 25.0 Å². The number of sulfone groups is 1. The average molecular weight is 283 g/mol. The average Bonchev–Trinajstić information content (AvgIpc) is 2.38. The summed E-state index contributed by atoms with van der Waals surface area (Å²) in [5.74, 6) is -0.0367. The Balaban J connectivity index is 2.09. The summed E-state index contributed by atoms with van der Waals surface area (Å²) >= 11 is 0. The Morgan fingerprint density at radius 1 is 1.37 bits per heavy atom. The van der Waals surface area contributed by atoms with E-state index in [0.29, 0.717) is 24.3 Å². The molecule has 1 fully saturated rings. The number of benzene rings is 1. The highest BCUT2D eigenvalue weighted by molar-refractivity contribution is 7.91. The molecule has 1 unspecified atom stereocenters. The van der Waals surface area contributed by atoms with E-state index in [0.717, 1.165) is 0 Å². The van der Waals surface area contributed by atoms with Crippen LogP contribution in [0.1, 0.15) is 12.8 Å². The molecule has 1 saturated heterocycles. The Hall–Kier alpha value is -1.56. The van der Waals surface area contributed by atoms with Crippen LogP contribution in [0.25, 0.3) is 0 Å². The Bertz CT molecular complexity index is 568. The lowest BCUT2D eigenvalue weighted by Crippen LogP contribution is -2.34. The molecule has 6 heteroatoms. The lowest BCUT2D eigenvalue weighted by atomic mass is 10.0. The Labute approximate surface area is 112 Å². The van der Waals surface area contributed by atoms with Crippen molar-refractivity contribution in [3.8, 4) is 5.75 Å². The summed E-state index contributed by atoms with van der Waals surface area (Å²) in [6, 6.07) is 7.07. The van der Waals surface area contributed by atoms with E-state index in [1.54, 1.807) is 24.3 Å². The minimum Gasteiger partial charge on any atom is -0.495 e.